The van der Waals surface area contributed by atoms with Crippen LogP contribution in [0.3, 0.4) is 0 Å². The summed E-state index contributed by atoms with van der Waals surface area (Å²) < 4.78 is 6.66. The van der Waals surface area contributed by atoms with Crippen molar-refractivity contribution in [3.8, 4) is 0 Å². The zero-order chi connectivity index (χ0) is 13.1. The fourth-order valence-corrected chi connectivity index (χ4v) is 2.63. The Labute approximate surface area is 118 Å². The van der Waals surface area contributed by atoms with E-state index in [0.717, 1.165) is 29.0 Å². The summed E-state index contributed by atoms with van der Waals surface area (Å²) in [6.45, 7) is 1.70. The van der Waals surface area contributed by atoms with Crippen molar-refractivity contribution in [2.24, 2.45) is 5.73 Å². The molecule has 0 saturated carbocycles. The second-order valence-electron chi connectivity index (χ2n) is 4.21. The predicted molar refractivity (Wildman–Crippen MR) is 74.4 cm³/mol. The Bertz CT molecular complexity index is 494. The second kappa shape index (κ2) is 5.87. The van der Waals surface area contributed by atoms with Gasteiger partial charge in [-0.1, -0.05) is 4.49 Å². The van der Waals surface area contributed by atoms with E-state index in [4.69, 9.17) is 5.73 Å². The fraction of sp³-hybridized carbons (Fsp3) is 0.500. The summed E-state index contributed by atoms with van der Waals surface area (Å²) in [6, 6.07) is -0.303. The first-order chi connectivity index (χ1) is 8.59. The molecule has 0 aromatic carbocycles. The Balaban J connectivity index is 2.23. The molecule has 2 heterocycles. The highest BCUT2D eigenvalue weighted by atomic mass is 79.9. The van der Waals surface area contributed by atoms with E-state index in [0.29, 0.717) is 0 Å². The summed E-state index contributed by atoms with van der Waals surface area (Å²) in [5.41, 5.74) is 7.92. The third-order valence-electron chi connectivity index (χ3n) is 2.58. The first kappa shape index (κ1) is 13.6. The number of likely N-dealkylation sites (N-methyl/N-ethyl adjacent to an activating group) is 1. The molecule has 0 aliphatic heterocycles. The minimum absolute atomic E-state index is 0.303. The van der Waals surface area contributed by atoms with Gasteiger partial charge in [-0.3, -0.25) is 4.68 Å². The molecule has 0 aliphatic carbocycles. The van der Waals surface area contributed by atoms with Crippen LogP contribution in [0, 0.1) is 0 Å². The van der Waals surface area contributed by atoms with Crippen molar-refractivity contribution in [3.63, 3.8) is 0 Å². The van der Waals surface area contributed by atoms with E-state index >= 15 is 0 Å². The van der Waals surface area contributed by atoms with Gasteiger partial charge in [-0.05, 0) is 41.6 Å². The van der Waals surface area contributed by atoms with Crippen LogP contribution in [0.1, 0.15) is 17.4 Å². The summed E-state index contributed by atoms with van der Waals surface area (Å²) >= 11 is 4.79. The van der Waals surface area contributed by atoms with E-state index in [1.807, 2.05) is 24.2 Å². The maximum Gasteiger partial charge on any atom is 0.0984 e. The van der Waals surface area contributed by atoms with Crippen molar-refractivity contribution in [1.29, 1.82) is 0 Å². The van der Waals surface area contributed by atoms with E-state index in [1.54, 1.807) is 6.20 Å². The van der Waals surface area contributed by atoms with E-state index in [9.17, 15) is 0 Å². The first-order valence-corrected chi connectivity index (χ1v) is 7.11. The zero-order valence-corrected chi connectivity index (χ0v) is 12.6. The molecule has 8 heteroatoms. The van der Waals surface area contributed by atoms with Crippen molar-refractivity contribution in [3.05, 3.63) is 27.4 Å². The lowest BCUT2D eigenvalue weighted by atomic mass is 10.2. The molecule has 98 valence electrons. The zero-order valence-electron chi connectivity index (χ0n) is 10.2. The van der Waals surface area contributed by atoms with E-state index < -0.39 is 0 Å². The van der Waals surface area contributed by atoms with Gasteiger partial charge >= 0.3 is 0 Å². The van der Waals surface area contributed by atoms with Gasteiger partial charge in [0.25, 0.3) is 0 Å². The lowest BCUT2D eigenvalue weighted by Crippen LogP contribution is -2.23. The molecule has 0 radical (unpaired) electrons. The molecular weight excluding hydrogens is 316 g/mol. The summed E-state index contributed by atoms with van der Waals surface area (Å²) in [7, 11) is 4.06. The van der Waals surface area contributed by atoms with Crippen LogP contribution < -0.4 is 5.73 Å². The standard InChI is InChI=1S/C10H15BrN6S/c1-16(2)3-4-17-10(7(11)5-13-17)9(12)8-6-18-15-14-8/h5-6,9H,3-4,12H2,1-2H3. The van der Waals surface area contributed by atoms with Crippen LogP contribution in [-0.2, 0) is 6.54 Å². The Kier molecular flexibility index (Phi) is 4.44. The predicted octanol–water partition coefficient (Wildman–Crippen LogP) is 1.11. The Hall–Kier alpha value is -0.830. The third kappa shape index (κ3) is 2.94. The molecule has 0 fully saturated rings. The highest BCUT2D eigenvalue weighted by molar-refractivity contribution is 9.10. The summed E-state index contributed by atoms with van der Waals surface area (Å²) in [5, 5.41) is 10.2. The minimum atomic E-state index is -0.303. The Morgan fingerprint density at radius 2 is 2.33 bits per heavy atom. The Morgan fingerprint density at radius 1 is 1.56 bits per heavy atom. The van der Waals surface area contributed by atoms with Crippen molar-refractivity contribution >= 4 is 27.5 Å². The van der Waals surface area contributed by atoms with Crippen LogP contribution in [0.25, 0.3) is 0 Å². The van der Waals surface area contributed by atoms with Gasteiger partial charge in [-0.15, -0.1) is 5.10 Å². The molecular formula is C10H15BrN6S. The van der Waals surface area contributed by atoms with Crippen molar-refractivity contribution < 1.29 is 0 Å². The monoisotopic (exact) mass is 330 g/mol. The van der Waals surface area contributed by atoms with Gasteiger partial charge in [0.2, 0.25) is 0 Å². The van der Waals surface area contributed by atoms with Gasteiger partial charge in [-0.2, -0.15) is 5.10 Å². The molecule has 0 amide bonds. The normalized spacial score (nSPS) is 13.2. The highest BCUT2D eigenvalue weighted by Crippen LogP contribution is 2.26. The maximum absolute atomic E-state index is 6.21. The number of nitrogens with two attached hydrogens (primary N) is 1. The lowest BCUT2D eigenvalue weighted by molar-refractivity contribution is 0.367. The average molecular weight is 331 g/mol. The molecule has 2 aromatic rings. The quantitative estimate of drug-likeness (QED) is 0.888. The average Bonchev–Trinajstić information content (AvgIpc) is 2.94. The SMILES string of the molecule is CN(C)CCn1ncc(Br)c1C(N)c1csnn1. The van der Waals surface area contributed by atoms with Gasteiger partial charge in [0.15, 0.2) is 0 Å². The molecule has 0 saturated heterocycles. The van der Waals surface area contributed by atoms with E-state index in [1.165, 1.54) is 11.5 Å². The van der Waals surface area contributed by atoms with Crippen molar-refractivity contribution in [2.75, 3.05) is 20.6 Å². The van der Waals surface area contributed by atoms with Gasteiger partial charge < -0.3 is 10.6 Å². The second-order valence-corrected chi connectivity index (χ2v) is 5.68. The van der Waals surface area contributed by atoms with Gasteiger partial charge in [0.05, 0.1) is 34.6 Å². The van der Waals surface area contributed by atoms with E-state index in [2.05, 4.69) is 35.5 Å². The number of aromatic nitrogens is 4. The van der Waals surface area contributed by atoms with Crippen LogP contribution >= 0.6 is 27.5 Å². The maximum atomic E-state index is 6.21. The van der Waals surface area contributed by atoms with E-state index in [-0.39, 0.29) is 6.04 Å². The minimum Gasteiger partial charge on any atom is -0.318 e. The number of hydrogen-bond donors (Lipinski definition) is 1. The number of halogens is 1. The molecule has 2 aromatic heterocycles. The smallest absolute Gasteiger partial charge is 0.0984 e. The van der Waals surface area contributed by atoms with Gasteiger partial charge in [-0.25, -0.2) is 0 Å². The van der Waals surface area contributed by atoms with Crippen LogP contribution in [0.4, 0.5) is 0 Å². The number of hydrogen-bond acceptors (Lipinski definition) is 6. The topological polar surface area (TPSA) is 72.9 Å². The molecule has 6 nitrogen and oxygen atoms in total. The van der Waals surface area contributed by atoms with Crippen LogP contribution in [0.15, 0.2) is 16.0 Å². The highest BCUT2D eigenvalue weighted by Gasteiger charge is 2.20. The molecule has 18 heavy (non-hydrogen) atoms. The Morgan fingerprint density at radius 3 is 2.94 bits per heavy atom. The van der Waals surface area contributed by atoms with Gasteiger partial charge in [0, 0.05) is 11.9 Å². The number of nitrogens with zero attached hydrogens (tertiary/aromatic N) is 5. The molecule has 2 rings (SSSR count). The van der Waals surface area contributed by atoms with Crippen LogP contribution in [0.2, 0.25) is 0 Å². The largest absolute Gasteiger partial charge is 0.318 e. The van der Waals surface area contributed by atoms with Gasteiger partial charge in [0.1, 0.15) is 0 Å². The van der Waals surface area contributed by atoms with Crippen molar-refractivity contribution in [1.82, 2.24) is 24.3 Å². The molecule has 0 bridgehead atoms. The summed E-state index contributed by atoms with van der Waals surface area (Å²) in [4.78, 5) is 2.11. The molecule has 1 atom stereocenters. The molecule has 0 spiro atoms. The van der Waals surface area contributed by atoms with Crippen LogP contribution in [-0.4, -0.2) is 44.9 Å². The fourth-order valence-electron chi connectivity index (χ4n) is 1.60. The first-order valence-electron chi connectivity index (χ1n) is 5.48. The number of rotatable bonds is 5. The summed E-state index contributed by atoms with van der Waals surface area (Å²) in [5.74, 6) is 0. The van der Waals surface area contributed by atoms with Crippen LogP contribution in [0.5, 0.6) is 0 Å². The molecule has 2 N–H and O–H groups in total. The third-order valence-corrected chi connectivity index (χ3v) is 3.72. The lowest BCUT2D eigenvalue weighted by Gasteiger charge is -2.15. The molecule has 1 unspecified atom stereocenters. The van der Waals surface area contributed by atoms with Crippen molar-refractivity contribution in [2.45, 2.75) is 12.6 Å². The molecule has 0 aliphatic rings. The summed E-state index contributed by atoms with van der Waals surface area (Å²) in [6.07, 6.45) is 1.77.